The normalized spacial score (nSPS) is 8.80. The molecule has 0 bridgehead atoms. The van der Waals surface area contributed by atoms with Crippen molar-refractivity contribution in [3.05, 3.63) is 30.1 Å². The molecule has 2 nitrogen and oxygen atoms in total. The van der Waals surface area contributed by atoms with E-state index >= 15 is 0 Å². The summed E-state index contributed by atoms with van der Waals surface area (Å²) in [5.41, 5.74) is 1.06. The molecule has 0 spiro atoms. The van der Waals surface area contributed by atoms with E-state index in [-0.39, 0.29) is 0 Å². The van der Waals surface area contributed by atoms with Gasteiger partial charge in [-0.2, -0.15) is 5.26 Å². The lowest BCUT2D eigenvalue weighted by molar-refractivity contribution is -0.671. The molecule has 0 aliphatic carbocycles. The van der Waals surface area contributed by atoms with Crippen LogP contribution < -0.4 is 4.57 Å². The van der Waals surface area contributed by atoms with Crippen LogP contribution >= 0.6 is 0 Å². The fraction of sp³-hybridized carbons (Fsp3) is 0.250. The molecule has 10 heavy (non-hydrogen) atoms. The molecule has 0 aliphatic heterocycles. The van der Waals surface area contributed by atoms with Gasteiger partial charge in [0.15, 0.2) is 12.4 Å². The zero-order valence-corrected chi connectivity index (χ0v) is 5.91. The summed E-state index contributed by atoms with van der Waals surface area (Å²) in [5, 5.41) is 8.35. The van der Waals surface area contributed by atoms with E-state index in [0.717, 1.165) is 5.56 Å². The lowest BCUT2D eigenvalue weighted by Crippen LogP contribution is -2.26. The second-order valence-electron chi connectivity index (χ2n) is 2.21. The molecule has 0 aromatic carbocycles. The van der Waals surface area contributed by atoms with Gasteiger partial charge < -0.3 is 0 Å². The van der Waals surface area contributed by atoms with Gasteiger partial charge in [0.05, 0.1) is 12.5 Å². The van der Waals surface area contributed by atoms with E-state index in [1.807, 2.05) is 36.1 Å². The van der Waals surface area contributed by atoms with Crippen LogP contribution in [-0.2, 0) is 13.5 Å². The highest BCUT2D eigenvalue weighted by atomic mass is 14.9. The SMILES string of the molecule is C[n+]1cccc(CC#N)c1. The minimum Gasteiger partial charge on any atom is -0.207 e. The van der Waals surface area contributed by atoms with Gasteiger partial charge in [0, 0.05) is 11.6 Å². The summed E-state index contributed by atoms with van der Waals surface area (Å²) < 4.78 is 1.94. The monoisotopic (exact) mass is 133 g/mol. The first-order valence-electron chi connectivity index (χ1n) is 3.14. The summed E-state index contributed by atoms with van der Waals surface area (Å²) in [6.07, 6.45) is 4.39. The van der Waals surface area contributed by atoms with Crippen LogP contribution in [0.3, 0.4) is 0 Å². The lowest BCUT2D eigenvalue weighted by Gasteiger charge is -1.88. The van der Waals surface area contributed by atoms with Crippen molar-refractivity contribution in [1.29, 1.82) is 5.26 Å². The second kappa shape index (κ2) is 2.98. The Morgan fingerprint density at radius 2 is 2.50 bits per heavy atom. The molecule has 0 radical (unpaired) electrons. The maximum Gasteiger partial charge on any atom is 0.172 e. The standard InChI is InChI=1S/C8H9N2/c1-10-6-2-3-8(7-10)4-5-9/h2-3,6-7H,4H2,1H3/q+1. The fourth-order valence-electron chi connectivity index (χ4n) is 0.846. The van der Waals surface area contributed by atoms with Crippen LogP contribution in [0.25, 0.3) is 0 Å². The van der Waals surface area contributed by atoms with Gasteiger partial charge in [-0.1, -0.05) is 0 Å². The van der Waals surface area contributed by atoms with Crippen LogP contribution in [0.15, 0.2) is 24.5 Å². The predicted octanol–water partition coefficient (Wildman–Crippen LogP) is 0.577. The molecule has 1 rings (SSSR count). The lowest BCUT2D eigenvalue weighted by atomic mass is 10.2. The number of aromatic nitrogens is 1. The summed E-state index contributed by atoms with van der Waals surface area (Å²) in [6.45, 7) is 0. The predicted molar refractivity (Wildman–Crippen MR) is 36.9 cm³/mol. The molecule has 1 heterocycles. The molecule has 1 aromatic rings. The highest BCUT2D eigenvalue weighted by Crippen LogP contribution is 1.92. The Balaban J connectivity index is 2.87. The van der Waals surface area contributed by atoms with Gasteiger partial charge in [0.2, 0.25) is 0 Å². The minimum absolute atomic E-state index is 0.495. The number of nitriles is 1. The minimum atomic E-state index is 0.495. The zero-order chi connectivity index (χ0) is 7.40. The molecule has 50 valence electrons. The van der Waals surface area contributed by atoms with Gasteiger partial charge in [-0.25, -0.2) is 4.57 Å². The maximum absolute atomic E-state index is 8.35. The Labute approximate surface area is 60.3 Å². The molecule has 0 unspecified atom stereocenters. The molecule has 2 heteroatoms. The van der Waals surface area contributed by atoms with Crippen LogP contribution in [0.4, 0.5) is 0 Å². The van der Waals surface area contributed by atoms with Crippen molar-refractivity contribution in [2.75, 3.05) is 0 Å². The van der Waals surface area contributed by atoms with Crippen molar-refractivity contribution in [2.45, 2.75) is 6.42 Å². The molecule has 1 aromatic heterocycles. The van der Waals surface area contributed by atoms with Gasteiger partial charge >= 0.3 is 0 Å². The van der Waals surface area contributed by atoms with Crippen LogP contribution in [0, 0.1) is 11.3 Å². The van der Waals surface area contributed by atoms with E-state index in [1.165, 1.54) is 0 Å². The number of hydrogen-bond acceptors (Lipinski definition) is 1. The van der Waals surface area contributed by atoms with Gasteiger partial charge in [-0.3, -0.25) is 0 Å². The van der Waals surface area contributed by atoms with Crippen LogP contribution in [0.5, 0.6) is 0 Å². The maximum atomic E-state index is 8.35. The summed E-state index contributed by atoms with van der Waals surface area (Å²) in [6, 6.07) is 5.98. The molecular formula is C8H9N2+. The van der Waals surface area contributed by atoms with E-state index in [1.54, 1.807) is 0 Å². The average Bonchev–Trinajstić information content (AvgIpc) is 1.88. The molecule has 0 atom stereocenters. The Morgan fingerprint density at radius 3 is 3.10 bits per heavy atom. The van der Waals surface area contributed by atoms with Crippen LogP contribution in [0.2, 0.25) is 0 Å². The Hall–Kier alpha value is -1.36. The van der Waals surface area contributed by atoms with Gasteiger partial charge in [0.1, 0.15) is 7.05 Å². The van der Waals surface area contributed by atoms with E-state index in [4.69, 9.17) is 5.26 Å². The molecule has 0 amide bonds. The first-order chi connectivity index (χ1) is 4.83. The fourth-order valence-corrected chi connectivity index (χ4v) is 0.846. The molecule has 0 fully saturated rings. The summed E-state index contributed by atoms with van der Waals surface area (Å²) >= 11 is 0. The molecule has 0 aliphatic rings. The summed E-state index contributed by atoms with van der Waals surface area (Å²) in [4.78, 5) is 0. The number of nitrogens with zero attached hydrogens (tertiary/aromatic N) is 2. The molecular weight excluding hydrogens is 124 g/mol. The van der Waals surface area contributed by atoms with Crippen LogP contribution in [-0.4, -0.2) is 0 Å². The third-order valence-electron chi connectivity index (χ3n) is 1.28. The van der Waals surface area contributed by atoms with Crippen LogP contribution in [0.1, 0.15) is 5.56 Å². The van der Waals surface area contributed by atoms with Gasteiger partial charge in [-0.15, -0.1) is 0 Å². The molecule has 0 saturated heterocycles. The largest absolute Gasteiger partial charge is 0.207 e. The number of hydrogen-bond donors (Lipinski definition) is 0. The number of pyridine rings is 1. The third kappa shape index (κ3) is 1.56. The second-order valence-corrected chi connectivity index (χ2v) is 2.21. The smallest absolute Gasteiger partial charge is 0.172 e. The van der Waals surface area contributed by atoms with Crippen molar-refractivity contribution in [1.82, 2.24) is 0 Å². The van der Waals surface area contributed by atoms with Crippen molar-refractivity contribution in [3.63, 3.8) is 0 Å². The number of rotatable bonds is 1. The Bertz CT molecular complexity index is 260. The van der Waals surface area contributed by atoms with Gasteiger partial charge in [0.25, 0.3) is 0 Å². The Morgan fingerprint density at radius 1 is 1.70 bits per heavy atom. The first-order valence-corrected chi connectivity index (χ1v) is 3.14. The topological polar surface area (TPSA) is 27.7 Å². The van der Waals surface area contributed by atoms with E-state index < -0.39 is 0 Å². The molecule has 0 N–H and O–H groups in total. The first kappa shape index (κ1) is 6.76. The molecule has 0 saturated carbocycles. The van der Waals surface area contributed by atoms with E-state index in [2.05, 4.69) is 6.07 Å². The summed E-state index contributed by atoms with van der Waals surface area (Å²) in [7, 11) is 1.95. The zero-order valence-electron chi connectivity index (χ0n) is 5.91. The van der Waals surface area contributed by atoms with Crippen molar-refractivity contribution in [3.8, 4) is 6.07 Å². The highest BCUT2D eigenvalue weighted by Gasteiger charge is 1.94. The Kier molecular flexibility index (Phi) is 2.01. The van der Waals surface area contributed by atoms with Crippen molar-refractivity contribution in [2.24, 2.45) is 7.05 Å². The van der Waals surface area contributed by atoms with E-state index in [9.17, 15) is 0 Å². The summed E-state index contributed by atoms with van der Waals surface area (Å²) in [5.74, 6) is 0. The third-order valence-corrected chi connectivity index (χ3v) is 1.28. The number of aryl methyl sites for hydroxylation is 1. The van der Waals surface area contributed by atoms with Crippen molar-refractivity contribution < 1.29 is 4.57 Å². The average molecular weight is 133 g/mol. The van der Waals surface area contributed by atoms with E-state index in [0.29, 0.717) is 6.42 Å². The van der Waals surface area contributed by atoms with Gasteiger partial charge in [-0.05, 0) is 6.07 Å². The highest BCUT2D eigenvalue weighted by molar-refractivity contribution is 5.09. The van der Waals surface area contributed by atoms with Crippen molar-refractivity contribution >= 4 is 0 Å². The quantitative estimate of drug-likeness (QED) is 0.515.